The van der Waals surface area contributed by atoms with Crippen LogP contribution < -0.4 is 0 Å². The Labute approximate surface area is 103 Å². The van der Waals surface area contributed by atoms with Gasteiger partial charge < -0.3 is 0 Å². The van der Waals surface area contributed by atoms with Gasteiger partial charge in [-0.25, -0.2) is 0 Å². The van der Waals surface area contributed by atoms with Crippen molar-refractivity contribution in [1.29, 1.82) is 0 Å². The Morgan fingerprint density at radius 2 is 1.88 bits per heavy atom. The molecule has 0 saturated carbocycles. The third-order valence-electron chi connectivity index (χ3n) is 3.69. The van der Waals surface area contributed by atoms with Gasteiger partial charge >= 0.3 is 0 Å². The zero-order chi connectivity index (χ0) is 12.5. The molecule has 0 saturated heterocycles. The van der Waals surface area contributed by atoms with E-state index in [1.807, 2.05) is 0 Å². The van der Waals surface area contributed by atoms with Gasteiger partial charge in [-0.2, -0.15) is 0 Å². The smallest absolute Gasteiger partial charge is 0.0680 e. The van der Waals surface area contributed by atoms with Gasteiger partial charge in [0.05, 0.1) is 0 Å². The molecule has 1 aliphatic carbocycles. The van der Waals surface area contributed by atoms with E-state index in [9.17, 15) is 0 Å². The van der Waals surface area contributed by atoms with Crippen molar-refractivity contribution in [3.63, 3.8) is 0 Å². The molecule has 0 aliphatic heterocycles. The molecule has 1 unspecified atom stereocenters. The van der Waals surface area contributed by atoms with Crippen molar-refractivity contribution < 1.29 is 0 Å². The predicted octanol–water partition coefficient (Wildman–Crippen LogP) is 4.15. The van der Waals surface area contributed by atoms with E-state index in [2.05, 4.69) is 55.5 Å². The Kier molecular flexibility index (Phi) is 4.09. The highest BCUT2D eigenvalue weighted by molar-refractivity contribution is 6.17. The summed E-state index contributed by atoms with van der Waals surface area (Å²) in [5.41, 5.74) is 4.80. The van der Waals surface area contributed by atoms with Gasteiger partial charge in [-0.1, -0.05) is 51.8 Å². The molecular formula is C15H27B. The Balaban J connectivity index is 2.84. The molecule has 0 bridgehead atoms. The molecule has 0 spiro atoms. The van der Waals surface area contributed by atoms with Crippen molar-refractivity contribution >= 4 is 7.85 Å². The first kappa shape index (κ1) is 13.6. The highest BCUT2D eigenvalue weighted by Gasteiger charge is 2.28. The van der Waals surface area contributed by atoms with Crippen molar-refractivity contribution in [2.24, 2.45) is 11.8 Å². The summed E-state index contributed by atoms with van der Waals surface area (Å²) in [6, 6.07) is 0. The zero-order valence-corrected chi connectivity index (χ0v) is 12.1. The third kappa shape index (κ3) is 3.03. The topological polar surface area (TPSA) is 0 Å². The van der Waals surface area contributed by atoms with Crippen LogP contribution in [0.25, 0.3) is 0 Å². The fourth-order valence-electron chi connectivity index (χ4n) is 3.00. The van der Waals surface area contributed by atoms with Crippen molar-refractivity contribution in [3.05, 3.63) is 22.8 Å². The molecule has 0 fully saturated rings. The molecule has 16 heavy (non-hydrogen) atoms. The lowest BCUT2D eigenvalue weighted by Gasteiger charge is -2.29. The first-order valence-electron chi connectivity index (χ1n) is 6.64. The molecule has 0 aromatic carbocycles. The van der Waals surface area contributed by atoms with Crippen LogP contribution in [-0.4, -0.2) is 7.85 Å². The summed E-state index contributed by atoms with van der Waals surface area (Å²) in [5, 5.41) is 0.367. The summed E-state index contributed by atoms with van der Waals surface area (Å²) < 4.78 is 0. The molecule has 0 aromatic heterocycles. The molecule has 0 N–H and O–H groups in total. The molecule has 0 radical (unpaired) electrons. The highest BCUT2D eigenvalue weighted by Crippen LogP contribution is 2.45. The SMILES string of the molecule is BC(C)(CC(C)C)C1=CC(C(C)C)=C(C)C1. The molecule has 1 aliphatic rings. The summed E-state index contributed by atoms with van der Waals surface area (Å²) >= 11 is 0. The van der Waals surface area contributed by atoms with Crippen LogP contribution >= 0.6 is 0 Å². The number of rotatable bonds is 4. The van der Waals surface area contributed by atoms with Crippen LogP contribution in [0, 0.1) is 11.8 Å². The van der Waals surface area contributed by atoms with E-state index in [1.54, 1.807) is 16.7 Å². The minimum Gasteiger partial charge on any atom is -0.0680 e. The van der Waals surface area contributed by atoms with Crippen LogP contribution in [0.3, 0.4) is 0 Å². The van der Waals surface area contributed by atoms with E-state index < -0.39 is 0 Å². The predicted molar refractivity (Wildman–Crippen MR) is 76.6 cm³/mol. The van der Waals surface area contributed by atoms with Gasteiger partial charge in [-0.05, 0) is 42.5 Å². The minimum absolute atomic E-state index is 0.367. The van der Waals surface area contributed by atoms with Gasteiger partial charge in [0.25, 0.3) is 0 Å². The normalized spacial score (nSPS) is 20.6. The van der Waals surface area contributed by atoms with E-state index in [1.165, 1.54) is 12.8 Å². The van der Waals surface area contributed by atoms with Gasteiger partial charge in [0, 0.05) is 0 Å². The fourth-order valence-corrected chi connectivity index (χ4v) is 3.00. The van der Waals surface area contributed by atoms with Crippen molar-refractivity contribution in [1.82, 2.24) is 0 Å². The van der Waals surface area contributed by atoms with E-state index in [4.69, 9.17) is 0 Å². The molecule has 0 nitrogen and oxygen atoms in total. The second kappa shape index (κ2) is 4.81. The molecule has 90 valence electrons. The average molecular weight is 218 g/mol. The zero-order valence-electron chi connectivity index (χ0n) is 12.1. The first-order valence-corrected chi connectivity index (χ1v) is 6.64. The van der Waals surface area contributed by atoms with Gasteiger partial charge in [0.1, 0.15) is 7.85 Å². The first-order chi connectivity index (χ1) is 7.24. The van der Waals surface area contributed by atoms with E-state index >= 15 is 0 Å². The molecule has 0 aromatic rings. The Bertz CT molecular complexity index is 316. The summed E-state index contributed by atoms with van der Waals surface area (Å²) in [6.45, 7) is 13.9. The summed E-state index contributed by atoms with van der Waals surface area (Å²) in [6.07, 6.45) is 4.97. The quantitative estimate of drug-likeness (QED) is 0.622. The standard InChI is InChI=1S/C15H27B/c1-10(2)9-15(6,16)13-7-12(5)14(8-13)11(3)4/h8,10-11H,7,9,16H2,1-6H3. The summed E-state index contributed by atoms with van der Waals surface area (Å²) in [4.78, 5) is 0. The second-order valence-corrected chi connectivity index (χ2v) is 6.72. The molecule has 1 atom stereocenters. The number of hydrogen-bond donors (Lipinski definition) is 0. The Morgan fingerprint density at radius 1 is 1.31 bits per heavy atom. The lowest BCUT2D eigenvalue weighted by molar-refractivity contribution is 0.497. The third-order valence-corrected chi connectivity index (χ3v) is 3.69. The van der Waals surface area contributed by atoms with Crippen LogP contribution in [-0.2, 0) is 0 Å². The van der Waals surface area contributed by atoms with Gasteiger partial charge in [0.15, 0.2) is 0 Å². The van der Waals surface area contributed by atoms with Gasteiger partial charge in [0.2, 0.25) is 0 Å². The average Bonchev–Trinajstić information content (AvgIpc) is 2.45. The fraction of sp³-hybridized carbons (Fsp3) is 0.733. The van der Waals surface area contributed by atoms with Crippen LogP contribution in [0.5, 0.6) is 0 Å². The molecule has 1 heteroatoms. The molecule has 1 rings (SSSR count). The van der Waals surface area contributed by atoms with Crippen molar-refractivity contribution in [2.45, 2.75) is 59.7 Å². The summed E-state index contributed by atoms with van der Waals surface area (Å²) in [5.74, 6) is 1.45. The van der Waals surface area contributed by atoms with Gasteiger partial charge in [-0.15, -0.1) is 0 Å². The van der Waals surface area contributed by atoms with Crippen molar-refractivity contribution in [2.75, 3.05) is 0 Å². The lowest BCUT2D eigenvalue weighted by atomic mass is 9.60. The van der Waals surface area contributed by atoms with Crippen LogP contribution in [0.1, 0.15) is 54.4 Å². The molecule has 0 heterocycles. The van der Waals surface area contributed by atoms with E-state index in [0.717, 1.165) is 5.92 Å². The highest BCUT2D eigenvalue weighted by atomic mass is 14.3. The Hall–Kier alpha value is -0.455. The van der Waals surface area contributed by atoms with Crippen LogP contribution in [0.2, 0.25) is 5.31 Å². The lowest BCUT2D eigenvalue weighted by Crippen LogP contribution is -2.14. The number of hydrogen-bond acceptors (Lipinski definition) is 0. The van der Waals surface area contributed by atoms with Gasteiger partial charge in [-0.3, -0.25) is 0 Å². The van der Waals surface area contributed by atoms with E-state index in [0.29, 0.717) is 11.2 Å². The maximum atomic E-state index is 2.47. The largest absolute Gasteiger partial charge is 0.114 e. The Morgan fingerprint density at radius 3 is 2.25 bits per heavy atom. The van der Waals surface area contributed by atoms with E-state index in [-0.39, 0.29) is 0 Å². The molecule has 0 amide bonds. The second-order valence-electron chi connectivity index (χ2n) is 6.72. The van der Waals surface area contributed by atoms with Crippen molar-refractivity contribution in [3.8, 4) is 0 Å². The summed E-state index contributed by atoms with van der Waals surface area (Å²) in [7, 11) is 2.40. The monoisotopic (exact) mass is 218 g/mol. The van der Waals surface area contributed by atoms with Crippen LogP contribution in [0.4, 0.5) is 0 Å². The minimum atomic E-state index is 0.367. The van der Waals surface area contributed by atoms with Crippen LogP contribution in [0.15, 0.2) is 22.8 Å². The maximum absolute atomic E-state index is 2.47. The maximum Gasteiger partial charge on any atom is 0.114 e. The number of allylic oxidation sites excluding steroid dienone is 4. The molecular weight excluding hydrogens is 191 g/mol.